The van der Waals surface area contributed by atoms with Gasteiger partial charge in [0.15, 0.2) is 5.78 Å². The summed E-state index contributed by atoms with van der Waals surface area (Å²) in [5.41, 5.74) is 11.5. The lowest BCUT2D eigenvalue weighted by Crippen LogP contribution is -2.31. The van der Waals surface area contributed by atoms with Crippen molar-refractivity contribution in [1.29, 1.82) is 0 Å². The van der Waals surface area contributed by atoms with Crippen molar-refractivity contribution in [3.63, 3.8) is 0 Å². The molecular weight excluding hydrogens is 799 g/mol. The van der Waals surface area contributed by atoms with E-state index in [1.54, 1.807) is 0 Å². The fraction of sp³-hybridized carbons (Fsp3) is 0.553. The SMILES string of the molecule is CN1CC[C@@]2(CCc3ccc(C(=O)CO)cc3C2)C1.COC(=O)c1ccc2c(c1)C[C@@]1(CC2)CCN(C)C1.COC(=O)c1ccc2c(c1)C[C@]1(CCNC1)CC2.S.S.S. The molecule has 3 spiro atoms. The van der Waals surface area contributed by atoms with Gasteiger partial charge >= 0.3 is 11.9 Å². The van der Waals surface area contributed by atoms with Crippen molar-refractivity contribution in [1.82, 2.24) is 15.1 Å². The molecule has 2 N–H and O–H groups in total. The predicted molar refractivity (Wildman–Crippen MR) is 250 cm³/mol. The zero-order chi connectivity index (χ0) is 39.5. The molecule has 0 radical (unpaired) electrons. The van der Waals surface area contributed by atoms with Crippen molar-refractivity contribution in [2.75, 3.05) is 74.2 Å². The van der Waals surface area contributed by atoms with Gasteiger partial charge in [-0.1, -0.05) is 24.3 Å². The van der Waals surface area contributed by atoms with Gasteiger partial charge in [-0.2, -0.15) is 40.5 Å². The van der Waals surface area contributed by atoms with E-state index in [9.17, 15) is 14.4 Å². The van der Waals surface area contributed by atoms with Crippen LogP contribution in [0.25, 0.3) is 0 Å². The number of aliphatic hydroxyl groups excluding tert-OH is 1. The summed E-state index contributed by atoms with van der Waals surface area (Å²) in [6.07, 6.45) is 14.3. The maximum atomic E-state index is 11.6. The molecule has 0 unspecified atom stereocenters. The summed E-state index contributed by atoms with van der Waals surface area (Å²) in [4.78, 5) is 39.7. The number of carbonyl (C=O) groups excluding carboxylic acids is 3. The molecule has 0 amide bonds. The molecule has 3 aromatic rings. The minimum atomic E-state index is -0.396. The molecule has 3 heterocycles. The first-order valence-electron chi connectivity index (χ1n) is 20.7. The predicted octanol–water partition coefficient (Wildman–Crippen LogP) is 6.24. The molecule has 324 valence electrons. The maximum Gasteiger partial charge on any atom is 0.337 e. The number of rotatable bonds is 4. The van der Waals surface area contributed by atoms with E-state index in [1.807, 2.05) is 36.4 Å². The molecule has 3 aliphatic carbocycles. The molecule has 0 bridgehead atoms. The molecule has 3 atom stereocenters. The Kier molecular flexibility index (Phi) is 17.2. The average Bonchev–Trinajstić information content (AvgIpc) is 3.94. The molecule has 0 saturated carbocycles. The van der Waals surface area contributed by atoms with Gasteiger partial charge in [-0.05, 0) is 191 Å². The number of fused-ring (bicyclic) bond motifs is 3. The Balaban J connectivity index is 0.000000191. The molecule has 0 aromatic heterocycles. The number of ether oxygens (including phenoxy) is 2. The number of carbonyl (C=O) groups is 3. The average molecular weight is 866 g/mol. The Morgan fingerprint density at radius 3 is 1.37 bits per heavy atom. The number of Topliss-reactive ketones (excluding diaryl/α,β-unsaturated/α-hetero) is 1. The third-order valence-corrected chi connectivity index (χ3v) is 14.0. The Labute approximate surface area is 372 Å². The van der Waals surface area contributed by atoms with Gasteiger partial charge in [-0.25, -0.2) is 9.59 Å². The molecule has 9 nitrogen and oxygen atoms in total. The number of nitrogens with one attached hydrogen (secondary N) is 1. The van der Waals surface area contributed by atoms with E-state index in [2.05, 4.69) is 47.4 Å². The Morgan fingerprint density at radius 1 is 0.593 bits per heavy atom. The molecule has 3 fully saturated rings. The highest BCUT2D eigenvalue weighted by Gasteiger charge is 2.41. The Bertz CT molecular complexity index is 1860. The van der Waals surface area contributed by atoms with Crippen LogP contribution < -0.4 is 5.32 Å². The molecular formula is C47H67N3O6S3. The van der Waals surface area contributed by atoms with E-state index < -0.39 is 6.61 Å². The van der Waals surface area contributed by atoms with Crippen LogP contribution >= 0.6 is 40.5 Å². The van der Waals surface area contributed by atoms with Gasteiger partial charge in [0.2, 0.25) is 0 Å². The van der Waals surface area contributed by atoms with Crippen LogP contribution in [0.5, 0.6) is 0 Å². The van der Waals surface area contributed by atoms with Crippen molar-refractivity contribution >= 4 is 58.2 Å². The largest absolute Gasteiger partial charge is 0.465 e. The number of hydrogen-bond donors (Lipinski definition) is 2. The summed E-state index contributed by atoms with van der Waals surface area (Å²) in [5, 5.41) is 12.4. The minimum Gasteiger partial charge on any atom is -0.465 e. The molecule has 12 heteroatoms. The van der Waals surface area contributed by atoms with Crippen LogP contribution in [0, 0.1) is 16.2 Å². The first-order chi connectivity index (χ1) is 27.0. The Morgan fingerprint density at radius 2 is 1.00 bits per heavy atom. The fourth-order valence-electron chi connectivity index (χ4n) is 10.7. The number of esters is 2. The van der Waals surface area contributed by atoms with Crippen molar-refractivity contribution in [3.8, 4) is 0 Å². The second-order valence-corrected chi connectivity index (χ2v) is 17.9. The highest BCUT2D eigenvalue weighted by molar-refractivity contribution is 7.59. The monoisotopic (exact) mass is 865 g/mol. The van der Waals surface area contributed by atoms with E-state index in [0.29, 0.717) is 32.9 Å². The zero-order valence-corrected chi connectivity index (χ0v) is 38.5. The second-order valence-electron chi connectivity index (χ2n) is 17.9. The summed E-state index contributed by atoms with van der Waals surface area (Å²) in [5.74, 6) is -0.640. The third-order valence-electron chi connectivity index (χ3n) is 14.0. The molecule has 3 aromatic carbocycles. The van der Waals surface area contributed by atoms with Crippen LogP contribution in [0.2, 0.25) is 0 Å². The van der Waals surface area contributed by atoms with Gasteiger partial charge in [0.1, 0.15) is 6.61 Å². The van der Waals surface area contributed by atoms with Gasteiger partial charge in [0.25, 0.3) is 0 Å². The lowest BCUT2D eigenvalue weighted by atomic mass is 9.71. The van der Waals surface area contributed by atoms with Gasteiger partial charge in [-0.3, -0.25) is 4.79 Å². The van der Waals surface area contributed by atoms with E-state index in [4.69, 9.17) is 14.6 Å². The molecule has 6 aliphatic rings. The summed E-state index contributed by atoms with van der Waals surface area (Å²) in [6, 6.07) is 18.0. The smallest absolute Gasteiger partial charge is 0.337 e. The van der Waals surface area contributed by atoms with Gasteiger partial charge in [-0.15, -0.1) is 0 Å². The van der Waals surface area contributed by atoms with E-state index in [1.165, 1.54) is 112 Å². The molecule has 9 rings (SSSR count). The van der Waals surface area contributed by atoms with Gasteiger partial charge < -0.3 is 29.7 Å². The number of ketones is 1. The highest BCUT2D eigenvalue weighted by atomic mass is 32.1. The first kappa shape index (κ1) is 48.8. The summed E-state index contributed by atoms with van der Waals surface area (Å²) in [6.45, 7) is 6.60. The molecule has 3 aliphatic heterocycles. The minimum absolute atomic E-state index is 0. The Hall–Kier alpha value is -2.84. The fourth-order valence-corrected chi connectivity index (χ4v) is 10.7. The third kappa shape index (κ3) is 11.2. The lowest BCUT2D eigenvalue weighted by Gasteiger charge is -2.34. The zero-order valence-electron chi connectivity index (χ0n) is 35.5. The second kappa shape index (κ2) is 20.8. The van der Waals surface area contributed by atoms with Crippen LogP contribution in [0.1, 0.15) is 103 Å². The first-order valence-corrected chi connectivity index (χ1v) is 20.7. The molecule has 3 saturated heterocycles. The van der Waals surface area contributed by atoms with Crippen molar-refractivity contribution in [2.24, 2.45) is 16.2 Å². The maximum absolute atomic E-state index is 11.6. The summed E-state index contributed by atoms with van der Waals surface area (Å²) < 4.78 is 9.61. The number of benzene rings is 3. The van der Waals surface area contributed by atoms with E-state index in [-0.39, 0.29) is 58.2 Å². The van der Waals surface area contributed by atoms with Crippen LogP contribution in [0.15, 0.2) is 54.6 Å². The summed E-state index contributed by atoms with van der Waals surface area (Å²) in [7, 11) is 7.27. The van der Waals surface area contributed by atoms with Crippen LogP contribution in [0.3, 0.4) is 0 Å². The number of aryl methyl sites for hydroxylation is 3. The lowest BCUT2D eigenvalue weighted by molar-refractivity contribution is 0.0591. The topological polar surface area (TPSA) is 108 Å². The number of methoxy groups -OCH3 is 2. The van der Waals surface area contributed by atoms with Crippen LogP contribution in [-0.2, 0) is 48.0 Å². The van der Waals surface area contributed by atoms with Crippen molar-refractivity contribution < 1.29 is 29.0 Å². The normalized spacial score (nSPS) is 25.0. The summed E-state index contributed by atoms with van der Waals surface area (Å²) >= 11 is 0. The number of likely N-dealkylation sites (tertiary alicyclic amines) is 2. The number of aliphatic hydroxyl groups is 1. The number of nitrogens with zero attached hydrogens (tertiary/aromatic N) is 2. The van der Waals surface area contributed by atoms with E-state index in [0.717, 1.165) is 51.6 Å². The van der Waals surface area contributed by atoms with Gasteiger partial charge in [0.05, 0.1) is 25.3 Å². The van der Waals surface area contributed by atoms with Crippen LogP contribution in [0.4, 0.5) is 0 Å². The number of hydrogen-bond acceptors (Lipinski definition) is 9. The highest BCUT2D eigenvalue weighted by Crippen LogP contribution is 2.44. The quantitative estimate of drug-likeness (QED) is 0.233. The van der Waals surface area contributed by atoms with Crippen molar-refractivity contribution in [2.45, 2.75) is 77.0 Å². The van der Waals surface area contributed by atoms with Crippen LogP contribution in [-0.4, -0.2) is 107 Å². The molecule has 59 heavy (non-hydrogen) atoms. The van der Waals surface area contributed by atoms with E-state index >= 15 is 0 Å². The van der Waals surface area contributed by atoms with Crippen molar-refractivity contribution in [3.05, 3.63) is 105 Å². The standard InChI is InChI=1S/2C16H21NO2.C15H19NO2.3H2S/c1-17-8-7-16(11-17)6-5-12-3-4-13(15(18)19-2)9-14(12)10-16;1-17-7-6-16(11-17)5-4-12-2-3-13(15(19)10-18)8-14(12)9-16;1-18-14(17)12-3-2-11-4-5-15(6-7-16-10-15)9-13(11)8-12;;;/h3-4,9H,5-8,10-11H2,1-2H3;2-3,8,18H,4-7,9-11H2,1H3;2-3,8,16H,4-7,9-10H2,1H3;3*1H2/t2*16-;15-;;;/m111.../s1. The van der Waals surface area contributed by atoms with Gasteiger partial charge in [0, 0.05) is 25.2 Å².